The van der Waals surface area contributed by atoms with Crippen LogP contribution in [-0.4, -0.2) is 30.9 Å². The summed E-state index contributed by atoms with van der Waals surface area (Å²) < 4.78 is 12.7. The molecule has 5 nitrogen and oxygen atoms in total. The molecule has 22 heavy (non-hydrogen) atoms. The van der Waals surface area contributed by atoms with Gasteiger partial charge in [0.2, 0.25) is 5.91 Å². The Balaban J connectivity index is 2.24. The molecule has 1 aromatic rings. The Hall–Kier alpha value is -1.95. The third kappa shape index (κ3) is 5.81. The van der Waals surface area contributed by atoms with Crippen LogP contribution in [0.3, 0.4) is 0 Å². The molecule has 6 heteroatoms. The summed E-state index contributed by atoms with van der Waals surface area (Å²) >= 11 is 0. The van der Waals surface area contributed by atoms with Crippen molar-refractivity contribution in [2.45, 2.75) is 33.2 Å². The molecule has 0 fully saturated rings. The molecule has 0 bridgehead atoms. The van der Waals surface area contributed by atoms with E-state index in [1.54, 1.807) is 0 Å². The van der Waals surface area contributed by atoms with Crippen molar-refractivity contribution in [3.8, 4) is 0 Å². The van der Waals surface area contributed by atoms with E-state index in [2.05, 4.69) is 10.6 Å². The largest absolute Gasteiger partial charge is 0.355 e. The molecule has 4 N–H and O–H groups in total. The van der Waals surface area contributed by atoms with Crippen molar-refractivity contribution < 1.29 is 14.0 Å². The minimum Gasteiger partial charge on any atom is -0.355 e. The van der Waals surface area contributed by atoms with Gasteiger partial charge in [-0.25, -0.2) is 4.39 Å². The molecular formula is C16H24FN3O2. The molecule has 0 aliphatic rings. The smallest absolute Gasteiger partial charge is 0.251 e. The van der Waals surface area contributed by atoms with Crippen LogP contribution in [0.15, 0.2) is 24.3 Å². The topological polar surface area (TPSA) is 84.2 Å². The monoisotopic (exact) mass is 309 g/mol. The number of hydrogen-bond acceptors (Lipinski definition) is 3. The summed E-state index contributed by atoms with van der Waals surface area (Å²) in [5.74, 6) is -0.843. The number of carbonyl (C=O) groups is 2. The summed E-state index contributed by atoms with van der Waals surface area (Å²) in [5.41, 5.74) is 5.95. The molecule has 0 unspecified atom stereocenters. The highest BCUT2D eigenvalue weighted by molar-refractivity contribution is 5.94. The minimum atomic E-state index is -0.568. The van der Waals surface area contributed by atoms with Gasteiger partial charge in [-0.1, -0.05) is 20.8 Å². The van der Waals surface area contributed by atoms with Crippen LogP contribution in [0.5, 0.6) is 0 Å². The number of amides is 2. The summed E-state index contributed by atoms with van der Waals surface area (Å²) in [5, 5.41) is 5.45. The van der Waals surface area contributed by atoms with Crippen molar-refractivity contribution in [1.82, 2.24) is 10.6 Å². The Kier molecular flexibility index (Phi) is 6.49. The van der Waals surface area contributed by atoms with Crippen LogP contribution in [0.1, 0.15) is 37.6 Å². The molecule has 0 spiro atoms. The van der Waals surface area contributed by atoms with E-state index >= 15 is 0 Å². The summed E-state index contributed by atoms with van der Waals surface area (Å²) in [6.07, 6.45) is 0.593. The fourth-order valence-corrected chi connectivity index (χ4v) is 1.71. The highest BCUT2D eigenvalue weighted by Gasteiger charge is 2.26. The van der Waals surface area contributed by atoms with Gasteiger partial charge < -0.3 is 16.4 Å². The van der Waals surface area contributed by atoms with Crippen molar-refractivity contribution >= 4 is 11.8 Å². The molecule has 0 aromatic heterocycles. The fourth-order valence-electron chi connectivity index (χ4n) is 1.71. The molecule has 1 rings (SSSR count). The zero-order chi connectivity index (χ0) is 16.8. The standard InChI is InChI=1S/C16H24FN3O2/c1-16(2,3)13(18)15(22)20-10-4-9-19-14(21)11-5-7-12(17)8-6-11/h5-8,13H,4,9-10,18H2,1-3H3,(H,19,21)(H,20,22)/t13-/m1/s1. The number of nitrogens with one attached hydrogen (secondary N) is 2. The Morgan fingerprint density at radius 3 is 2.23 bits per heavy atom. The van der Waals surface area contributed by atoms with Crippen molar-refractivity contribution in [1.29, 1.82) is 0 Å². The van der Waals surface area contributed by atoms with Gasteiger partial charge >= 0.3 is 0 Å². The lowest BCUT2D eigenvalue weighted by Gasteiger charge is -2.25. The van der Waals surface area contributed by atoms with Crippen LogP contribution >= 0.6 is 0 Å². The third-order valence-electron chi connectivity index (χ3n) is 3.26. The van der Waals surface area contributed by atoms with Crippen molar-refractivity contribution in [2.24, 2.45) is 11.1 Å². The van der Waals surface area contributed by atoms with E-state index in [1.165, 1.54) is 24.3 Å². The Morgan fingerprint density at radius 1 is 1.14 bits per heavy atom. The summed E-state index contributed by atoms with van der Waals surface area (Å²) in [7, 11) is 0. The second kappa shape index (κ2) is 7.89. The first-order chi connectivity index (χ1) is 10.2. The second-order valence-electron chi connectivity index (χ2n) is 6.25. The van der Waals surface area contributed by atoms with Gasteiger partial charge in [-0.05, 0) is 36.1 Å². The number of hydrogen-bond donors (Lipinski definition) is 3. The number of benzene rings is 1. The van der Waals surface area contributed by atoms with Crippen LogP contribution in [0, 0.1) is 11.2 Å². The molecule has 0 saturated heterocycles. The number of nitrogens with two attached hydrogens (primary N) is 1. The van der Waals surface area contributed by atoms with E-state index in [1.807, 2.05) is 20.8 Å². The van der Waals surface area contributed by atoms with Crippen LogP contribution in [0.4, 0.5) is 4.39 Å². The Labute approximate surface area is 130 Å². The molecule has 0 radical (unpaired) electrons. The van der Waals surface area contributed by atoms with Gasteiger partial charge in [0.1, 0.15) is 5.82 Å². The van der Waals surface area contributed by atoms with Gasteiger partial charge in [-0.2, -0.15) is 0 Å². The first kappa shape index (κ1) is 18.1. The maximum Gasteiger partial charge on any atom is 0.251 e. The van der Waals surface area contributed by atoms with Gasteiger partial charge in [-0.3, -0.25) is 9.59 Å². The van der Waals surface area contributed by atoms with Gasteiger partial charge in [0.05, 0.1) is 6.04 Å². The third-order valence-corrected chi connectivity index (χ3v) is 3.26. The summed E-state index contributed by atoms with van der Waals surface area (Å²) in [6, 6.07) is 4.76. The zero-order valence-corrected chi connectivity index (χ0v) is 13.3. The van der Waals surface area contributed by atoms with Gasteiger partial charge in [0.15, 0.2) is 0 Å². The predicted octanol–water partition coefficient (Wildman–Crippen LogP) is 1.44. The van der Waals surface area contributed by atoms with Gasteiger partial charge in [0, 0.05) is 18.7 Å². The maximum atomic E-state index is 12.7. The number of carbonyl (C=O) groups excluding carboxylic acids is 2. The second-order valence-corrected chi connectivity index (χ2v) is 6.25. The van der Waals surface area contributed by atoms with Crippen LogP contribution in [-0.2, 0) is 4.79 Å². The van der Waals surface area contributed by atoms with Gasteiger partial charge in [-0.15, -0.1) is 0 Å². The molecular weight excluding hydrogens is 285 g/mol. The average molecular weight is 309 g/mol. The molecule has 2 amide bonds. The lowest BCUT2D eigenvalue weighted by atomic mass is 9.87. The van der Waals surface area contributed by atoms with E-state index in [0.29, 0.717) is 25.1 Å². The highest BCUT2D eigenvalue weighted by atomic mass is 19.1. The molecule has 1 atom stereocenters. The molecule has 0 heterocycles. The van der Waals surface area contributed by atoms with Crippen molar-refractivity contribution in [3.63, 3.8) is 0 Å². The lowest BCUT2D eigenvalue weighted by molar-refractivity contribution is -0.124. The van der Waals surface area contributed by atoms with E-state index in [0.717, 1.165) is 0 Å². The first-order valence-corrected chi connectivity index (χ1v) is 7.29. The highest BCUT2D eigenvalue weighted by Crippen LogP contribution is 2.16. The van der Waals surface area contributed by atoms with E-state index < -0.39 is 6.04 Å². The summed E-state index contributed by atoms with van der Waals surface area (Å²) in [6.45, 7) is 6.56. The first-order valence-electron chi connectivity index (χ1n) is 7.29. The van der Waals surface area contributed by atoms with Crippen LogP contribution in [0.25, 0.3) is 0 Å². The normalized spacial score (nSPS) is 12.6. The predicted molar refractivity (Wildman–Crippen MR) is 83.8 cm³/mol. The van der Waals surface area contributed by atoms with Gasteiger partial charge in [0.25, 0.3) is 5.91 Å². The minimum absolute atomic E-state index is 0.197. The van der Waals surface area contributed by atoms with Crippen molar-refractivity contribution in [2.75, 3.05) is 13.1 Å². The zero-order valence-electron chi connectivity index (χ0n) is 13.3. The van der Waals surface area contributed by atoms with E-state index in [9.17, 15) is 14.0 Å². The lowest BCUT2D eigenvalue weighted by Crippen LogP contribution is -2.49. The quantitative estimate of drug-likeness (QED) is 0.695. The molecule has 0 aliphatic heterocycles. The van der Waals surface area contributed by atoms with Crippen LogP contribution in [0.2, 0.25) is 0 Å². The SMILES string of the molecule is CC(C)(C)[C@H](N)C(=O)NCCCNC(=O)c1ccc(F)cc1. The average Bonchev–Trinajstić information content (AvgIpc) is 2.45. The Morgan fingerprint density at radius 2 is 1.68 bits per heavy atom. The fraction of sp³-hybridized carbons (Fsp3) is 0.500. The Bertz CT molecular complexity index is 509. The molecule has 0 aliphatic carbocycles. The number of rotatable bonds is 6. The number of halogens is 1. The molecule has 1 aromatic carbocycles. The maximum absolute atomic E-state index is 12.7. The van der Waals surface area contributed by atoms with E-state index in [-0.39, 0.29) is 23.0 Å². The van der Waals surface area contributed by atoms with Crippen molar-refractivity contribution in [3.05, 3.63) is 35.6 Å². The van der Waals surface area contributed by atoms with Crippen LogP contribution < -0.4 is 16.4 Å². The van der Waals surface area contributed by atoms with E-state index in [4.69, 9.17) is 5.73 Å². The molecule has 0 saturated carbocycles. The summed E-state index contributed by atoms with van der Waals surface area (Å²) in [4.78, 5) is 23.5. The molecule has 122 valence electrons.